The van der Waals surface area contributed by atoms with Crippen molar-refractivity contribution in [3.8, 4) is 0 Å². The Morgan fingerprint density at radius 3 is 2.86 bits per heavy atom. The number of nitrogens with zero attached hydrogens (tertiary/aromatic N) is 1. The van der Waals surface area contributed by atoms with E-state index in [4.69, 9.17) is 5.73 Å². The van der Waals surface area contributed by atoms with E-state index < -0.39 is 5.91 Å². The van der Waals surface area contributed by atoms with Crippen LogP contribution in [0.3, 0.4) is 0 Å². The second kappa shape index (κ2) is 3.10. The van der Waals surface area contributed by atoms with Gasteiger partial charge in [0.05, 0.1) is 0 Å². The van der Waals surface area contributed by atoms with Gasteiger partial charge in [-0.05, 0) is 18.4 Å². The second-order valence-electron chi connectivity index (χ2n) is 3.25. The third-order valence-corrected chi connectivity index (χ3v) is 2.15. The maximum absolute atomic E-state index is 11.1. The van der Waals surface area contributed by atoms with E-state index in [9.17, 15) is 4.79 Å². The Labute approximate surface area is 81.6 Å². The Hall–Kier alpha value is -1.90. The first-order valence-electron chi connectivity index (χ1n) is 4.33. The van der Waals surface area contributed by atoms with Gasteiger partial charge in [-0.25, -0.2) is 0 Å². The molecule has 0 fully saturated rings. The van der Waals surface area contributed by atoms with Crippen LogP contribution in [0, 0.1) is 6.92 Å². The number of fused-ring (bicyclic) bond motifs is 1. The molecule has 0 spiro atoms. The van der Waals surface area contributed by atoms with E-state index in [1.165, 1.54) is 0 Å². The molecular weight excluding hydrogens is 176 g/mol. The predicted molar refractivity (Wildman–Crippen MR) is 55.0 cm³/mol. The Balaban J connectivity index is 2.81. The summed E-state index contributed by atoms with van der Waals surface area (Å²) >= 11 is 0. The van der Waals surface area contributed by atoms with E-state index in [-0.39, 0.29) is 0 Å². The van der Waals surface area contributed by atoms with Crippen molar-refractivity contribution < 1.29 is 4.79 Å². The molecule has 0 aliphatic carbocycles. The van der Waals surface area contributed by atoms with Gasteiger partial charge in [0.1, 0.15) is 5.69 Å². The number of primary amides is 1. The number of aryl methyl sites for hydroxylation is 1. The fourth-order valence-corrected chi connectivity index (χ4v) is 1.49. The average molecular weight is 186 g/mol. The summed E-state index contributed by atoms with van der Waals surface area (Å²) in [5, 5.41) is 1.81. The van der Waals surface area contributed by atoms with Crippen molar-refractivity contribution in [3.63, 3.8) is 0 Å². The number of aromatic nitrogens is 1. The van der Waals surface area contributed by atoms with Crippen LogP contribution in [0.25, 0.3) is 10.8 Å². The summed E-state index contributed by atoms with van der Waals surface area (Å²) in [7, 11) is 0. The van der Waals surface area contributed by atoms with Crippen molar-refractivity contribution in [2.75, 3.05) is 0 Å². The van der Waals surface area contributed by atoms with Crippen molar-refractivity contribution in [2.24, 2.45) is 5.73 Å². The number of carbonyl (C=O) groups excluding carboxylic acids is 1. The largest absolute Gasteiger partial charge is 0.364 e. The first kappa shape index (κ1) is 8.69. The monoisotopic (exact) mass is 186 g/mol. The van der Waals surface area contributed by atoms with Gasteiger partial charge in [0.2, 0.25) is 0 Å². The molecule has 0 unspecified atom stereocenters. The molecule has 2 rings (SSSR count). The van der Waals surface area contributed by atoms with Crippen LogP contribution < -0.4 is 5.73 Å². The number of nitrogens with two attached hydrogens (primary N) is 1. The number of carbonyl (C=O) groups is 1. The van der Waals surface area contributed by atoms with E-state index in [1.807, 2.05) is 31.2 Å². The van der Waals surface area contributed by atoms with Gasteiger partial charge in [-0.2, -0.15) is 0 Å². The normalized spacial score (nSPS) is 10.4. The van der Waals surface area contributed by atoms with E-state index in [0.717, 1.165) is 16.3 Å². The molecule has 3 nitrogen and oxygen atoms in total. The summed E-state index contributed by atoms with van der Waals surface area (Å²) in [6.07, 6.45) is 1.60. The molecule has 0 bridgehead atoms. The van der Waals surface area contributed by atoms with Crippen LogP contribution in [0.2, 0.25) is 0 Å². The summed E-state index contributed by atoms with van der Waals surface area (Å²) in [6, 6.07) is 7.69. The highest BCUT2D eigenvalue weighted by Gasteiger charge is 2.06. The van der Waals surface area contributed by atoms with Crippen LogP contribution in [0.1, 0.15) is 16.1 Å². The van der Waals surface area contributed by atoms with Crippen molar-refractivity contribution in [1.82, 2.24) is 4.98 Å². The first-order chi connectivity index (χ1) is 6.68. The predicted octanol–water partition coefficient (Wildman–Crippen LogP) is 1.64. The SMILES string of the molecule is Cc1ccc2c(C(N)=O)nccc2c1. The number of hydrogen-bond donors (Lipinski definition) is 1. The van der Waals surface area contributed by atoms with Gasteiger partial charge in [0.15, 0.2) is 0 Å². The molecule has 2 N–H and O–H groups in total. The Morgan fingerprint density at radius 1 is 1.36 bits per heavy atom. The Bertz CT molecular complexity index is 506. The minimum absolute atomic E-state index is 0.336. The van der Waals surface area contributed by atoms with Gasteiger partial charge in [0.25, 0.3) is 5.91 Å². The number of pyridine rings is 1. The van der Waals surface area contributed by atoms with E-state index in [1.54, 1.807) is 6.20 Å². The first-order valence-corrected chi connectivity index (χ1v) is 4.33. The van der Waals surface area contributed by atoms with Crippen LogP contribution in [0.4, 0.5) is 0 Å². The van der Waals surface area contributed by atoms with Gasteiger partial charge in [-0.15, -0.1) is 0 Å². The number of amides is 1. The van der Waals surface area contributed by atoms with Crippen LogP contribution in [-0.2, 0) is 0 Å². The summed E-state index contributed by atoms with van der Waals surface area (Å²) in [4.78, 5) is 15.0. The summed E-state index contributed by atoms with van der Waals surface area (Å²) in [5.74, 6) is -0.487. The van der Waals surface area contributed by atoms with E-state index >= 15 is 0 Å². The fraction of sp³-hybridized carbons (Fsp3) is 0.0909. The Kier molecular flexibility index (Phi) is 1.93. The molecule has 1 aromatic carbocycles. The molecule has 14 heavy (non-hydrogen) atoms. The molecule has 0 saturated heterocycles. The zero-order valence-corrected chi connectivity index (χ0v) is 7.82. The fourth-order valence-electron chi connectivity index (χ4n) is 1.49. The molecule has 1 heterocycles. The number of benzene rings is 1. The van der Waals surface area contributed by atoms with Gasteiger partial charge >= 0.3 is 0 Å². The molecule has 3 heteroatoms. The molecule has 0 saturated carbocycles. The zero-order chi connectivity index (χ0) is 10.1. The quantitative estimate of drug-likeness (QED) is 0.736. The molecule has 1 amide bonds. The highest BCUT2D eigenvalue weighted by Crippen LogP contribution is 2.17. The molecule has 0 aliphatic rings. The minimum atomic E-state index is -0.487. The van der Waals surface area contributed by atoms with Gasteiger partial charge in [0, 0.05) is 11.6 Å². The Morgan fingerprint density at radius 2 is 2.14 bits per heavy atom. The maximum Gasteiger partial charge on any atom is 0.267 e. The minimum Gasteiger partial charge on any atom is -0.364 e. The van der Waals surface area contributed by atoms with Crippen LogP contribution in [0.5, 0.6) is 0 Å². The van der Waals surface area contributed by atoms with Crippen LogP contribution in [0.15, 0.2) is 30.5 Å². The third kappa shape index (κ3) is 1.33. The topological polar surface area (TPSA) is 56.0 Å². The number of rotatable bonds is 1. The third-order valence-electron chi connectivity index (χ3n) is 2.15. The number of hydrogen-bond acceptors (Lipinski definition) is 2. The smallest absolute Gasteiger partial charge is 0.267 e. The van der Waals surface area contributed by atoms with E-state index in [2.05, 4.69) is 4.98 Å². The van der Waals surface area contributed by atoms with E-state index in [0.29, 0.717) is 5.69 Å². The molecular formula is C11H10N2O. The molecule has 2 aromatic rings. The summed E-state index contributed by atoms with van der Waals surface area (Å²) < 4.78 is 0. The highest BCUT2D eigenvalue weighted by molar-refractivity contribution is 6.04. The van der Waals surface area contributed by atoms with Gasteiger partial charge in [-0.1, -0.05) is 23.8 Å². The van der Waals surface area contributed by atoms with Crippen molar-refractivity contribution in [2.45, 2.75) is 6.92 Å². The lowest BCUT2D eigenvalue weighted by atomic mass is 10.1. The molecule has 0 atom stereocenters. The van der Waals surface area contributed by atoms with Crippen LogP contribution >= 0.6 is 0 Å². The van der Waals surface area contributed by atoms with Crippen molar-refractivity contribution in [1.29, 1.82) is 0 Å². The van der Waals surface area contributed by atoms with Crippen LogP contribution in [-0.4, -0.2) is 10.9 Å². The molecule has 0 aliphatic heterocycles. The highest BCUT2D eigenvalue weighted by atomic mass is 16.1. The van der Waals surface area contributed by atoms with Gasteiger partial charge in [-0.3, -0.25) is 9.78 Å². The summed E-state index contributed by atoms with van der Waals surface area (Å²) in [6.45, 7) is 2.00. The molecule has 1 aromatic heterocycles. The van der Waals surface area contributed by atoms with Gasteiger partial charge < -0.3 is 5.73 Å². The zero-order valence-electron chi connectivity index (χ0n) is 7.82. The molecule has 70 valence electrons. The van der Waals surface area contributed by atoms with Crippen molar-refractivity contribution >= 4 is 16.7 Å². The lowest BCUT2D eigenvalue weighted by Crippen LogP contribution is -2.13. The maximum atomic E-state index is 11.1. The van der Waals surface area contributed by atoms with Crippen molar-refractivity contribution in [3.05, 3.63) is 41.7 Å². The summed E-state index contributed by atoms with van der Waals surface area (Å²) in [5.41, 5.74) is 6.70. The average Bonchev–Trinajstić information content (AvgIpc) is 2.16. The standard InChI is InChI=1S/C11H10N2O/c1-7-2-3-9-8(6-7)4-5-13-10(9)11(12)14/h2-6H,1H3,(H2,12,14). The lowest BCUT2D eigenvalue weighted by molar-refractivity contribution is 0.0997. The lowest BCUT2D eigenvalue weighted by Gasteiger charge is -2.02. The molecule has 0 radical (unpaired) electrons. The second-order valence-corrected chi connectivity index (χ2v) is 3.25.